The Morgan fingerprint density at radius 1 is 0.862 bits per heavy atom. The molecule has 1 aliphatic heterocycles. The van der Waals surface area contributed by atoms with Gasteiger partial charge < -0.3 is 49.1 Å². The molecule has 4 N–H and O–H groups in total. The molecule has 3 fully saturated rings. The van der Waals surface area contributed by atoms with Crippen molar-refractivity contribution in [3.8, 4) is 0 Å². The van der Waals surface area contributed by atoms with Gasteiger partial charge in [0.25, 0.3) is 5.91 Å². The van der Waals surface area contributed by atoms with Crippen molar-refractivity contribution in [2.24, 2.45) is 16.7 Å². The van der Waals surface area contributed by atoms with Gasteiger partial charge in [0.1, 0.15) is 30.0 Å². The zero-order chi connectivity index (χ0) is 47.1. The number of thioether (sulfide) groups is 1. The zero-order valence-electron chi connectivity index (χ0n) is 37.4. The van der Waals surface area contributed by atoms with Gasteiger partial charge in [0.2, 0.25) is 0 Å². The average molecular weight is 916 g/mol. The van der Waals surface area contributed by atoms with Crippen LogP contribution in [0.2, 0.25) is 0 Å². The molecule has 7 rings (SSSR count). The van der Waals surface area contributed by atoms with Crippen molar-refractivity contribution in [3.63, 3.8) is 0 Å². The van der Waals surface area contributed by atoms with Crippen LogP contribution >= 0.6 is 11.8 Å². The molecule has 3 aromatic rings. The van der Waals surface area contributed by atoms with Gasteiger partial charge in [-0.3, -0.25) is 14.4 Å². The number of aliphatic hydroxyl groups is 3. The fourth-order valence-electron chi connectivity index (χ4n) is 10.8. The molecule has 15 nitrogen and oxygen atoms in total. The SMILES string of the molecule is CSCO[C@H]1C[C@H]2OC[C@@]2(OC(C)=O)[C@H]2[C@H](OC(=O)c3ccccc3)[C@]3(O)C[C@H](OC(=O)[C@H](O)[C@@H](NC(=O)c4ccccc4)c4ccccc4)C(C)=C([C@H](OC(C)=O)[C@H](O)[C@]12C)C3(C)C. The van der Waals surface area contributed by atoms with Crippen LogP contribution in [0.5, 0.6) is 0 Å². The summed E-state index contributed by atoms with van der Waals surface area (Å²) in [7, 11) is 0. The predicted molar refractivity (Wildman–Crippen MR) is 236 cm³/mol. The number of carbonyl (C=O) groups excluding carboxylic acids is 5. The highest BCUT2D eigenvalue weighted by atomic mass is 32.2. The van der Waals surface area contributed by atoms with Crippen molar-refractivity contribution in [1.82, 2.24) is 5.32 Å². The lowest BCUT2D eigenvalue weighted by Crippen LogP contribution is -2.82. The Labute approximate surface area is 382 Å². The van der Waals surface area contributed by atoms with Gasteiger partial charge in [-0.25, -0.2) is 9.59 Å². The quantitative estimate of drug-likeness (QED) is 0.0780. The van der Waals surface area contributed by atoms with Crippen LogP contribution in [-0.2, 0) is 42.8 Å². The molecular weight excluding hydrogens is 859 g/mol. The Bertz CT molecular complexity index is 2290. The minimum absolute atomic E-state index is 0.103. The van der Waals surface area contributed by atoms with E-state index in [-0.39, 0.29) is 41.2 Å². The number of aliphatic hydroxyl groups excluding tert-OH is 2. The third kappa shape index (κ3) is 8.49. The second kappa shape index (κ2) is 18.6. The molecule has 348 valence electrons. The van der Waals surface area contributed by atoms with E-state index in [1.165, 1.54) is 37.7 Å². The summed E-state index contributed by atoms with van der Waals surface area (Å²) in [6.07, 6.45) is -8.70. The van der Waals surface area contributed by atoms with Crippen LogP contribution in [0.3, 0.4) is 0 Å². The van der Waals surface area contributed by atoms with E-state index in [4.69, 9.17) is 28.4 Å². The normalized spacial score (nSPS) is 32.1. The standard InChI is InChI=1S/C49H57NO14S/c1-27-33(62-45(57)38(53)37(30-17-11-8-12-18-30)50-43(55)31-19-13-9-14-20-31)24-49(58)42(63-44(56)32-21-15-10-16-22-32)40-47(6,41(54)39(61-28(2)51)36(27)46(49,4)5)34(60-26-65-7)23-35-48(40,25-59-35)64-29(3)52/h8-22,33-35,37-42,53-54,58H,23-26H2,1-7H3,(H,50,55)/t33-,34-,35+,37-,38+,39-,40-,41-,42-,47+,48-,49+/m0/s1. The van der Waals surface area contributed by atoms with E-state index in [0.717, 1.165) is 0 Å². The van der Waals surface area contributed by atoms with E-state index < -0.39 is 113 Å². The Hall–Kier alpha value is -5.10. The third-order valence-electron chi connectivity index (χ3n) is 14.1. The molecule has 65 heavy (non-hydrogen) atoms. The number of amides is 1. The lowest BCUT2D eigenvalue weighted by atomic mass is 9.44. The van der Waals surface area contributed by atoms with Gasteiger partial charge in [0.15, 0.2) is 17.8 Å². The summed E-state index contributed by atoms with van der Waals surface area (Å²) in [6.45, 7) is 8.78. The second-order valence-corrected chi connectivity index (χ2v) is 18.9. The maximum Gasteiger partial charge on any atom is 0.338 e. The van der Waals surface area contributed by atoms with Crippen LogP contribution in [0.15, 0.2) is 102 Å². The maximum absolute atomic E-state index is 14.5. The average Bonchev–Trinajstić information content (AvgIpc) is 3.27. The van der Waals surface area contributed by atoms with Gasteiger partial charge in [0.05, 0.1) is 36.2 Å². The minimum atomic E-state index is -2.30. The Morgan fingerprint density at radius 2 is 1.46 bits per heavy atom. The number of rotatable bonds is 13. The highest BCUT2D eigenvalue weighted by Gasteiger charge is 2.78. The summed E-state index contributed by atoms with van der Waals surface area (Å²) in [5.41, 5.74) is -5.92. The van der Waals surface area contributed by atoms with Crippen molar-refractivity contribution in [1.29, 1.82) is 0 Å². The van der Waals surface area contributed by atoms with Gasteiger partial charge in [-0.05, 0) is 54.2 Å². The Kier molecular flexibility index (Phi) is 13.7. The van der Waals surface area contributed by atoms with Crippen molar-refractivity contribution in [3.05, 3.63) is 119 Å². The third-order valence-corrected chi connectivity index (χ3v) is 14.4. The maximum atomic E-state index is 14.5. The topological polar surface area (TPSA) is 213 Å². The van der Waals surface area contributed by atoms with Gasteiger partial charge >= 0.3 is 23.9 Å². The predicted octanol–water partition coefficient (Wildman–Crippen LogP) is 4.87. The van der Waals surface area contributed by atoms with Crippen molar-refractivity contribution in [2.75, 3.05) is 18.8 Å². The van der Waals surface area contributed by atoms with Crippen LogP contribution < -0.4 is 5.32 Å². The molecule has 1 amide bonds. The molecular formula is C49H57NO14S. The minimum Gasteiger partial charge on any atom is -0.456 e. The molecule has 1 heterocycles. The monoisotopic (exact) mass is 915 g/mol. The fraction of sp³-hybridized carbons (Fsp3) is 0.490. The van der Waals surface area contributed by atoms with E-state index in [0.29, 0.717) is 5.56 Å². The zero-order valence-corrected chi connectivity index (χ0v) is 38.2. The molecule has 16 heteroatoms. The summed E-state index contributed by atoms with van der Waals surface area (Å²) in [6, 6.07) is 23.4. The van der Waals surface area contributed by atoms with Gasteiger partial charge in [0, 0.05) is 43.1 Å². The summed E-state index contributed by atoms with van der Waals surface area (Å²) in [5.74, 6) is -5.29. The first kappa shape index (κ1) is 47.9. The molecule has 2 saturated carbocycles. The number of hydrogen-bond donors (Lipinski definition) is 4. The van der Waals surface area contributed by atoms with E-state index in [2.05, 4.69) is 5.32 Å². The second-order valence-electron chi connectivity index (χ2n) is 18.1. The number of fused-ring (bicyclic) bond motifs is 5. The highest BCUT2D eigenvalue weighted by Crippen LogP contribution is 2.66. The van der Waals surface area contributed by atoms with Gasteiger partial charge in [-0.1, -0.05) is 87.5 Å². The van der Waals surface area contributed by atoms with E-state index in [1.54, 1.807) is 107 Å². The number of carbonyl (C=O) groups is 5. The van der Waals surface area contributed by atoms with Crippen molar-refractivity contribution in [2.45, 2.75) is 114 Å². The van der Waals surface area contributed by atoms with E-state index in [1.807, 2.05) is 6.26 Å². The van der Waals surface area contributed by atoms with Crippen LogP contribution in [0.25, 0.3) is 0 Å². The van der Waals surface area contributed by atoms with Gasteiger partial charge in [-0.2, -0.15) is 0 Å². The lowest BCUT2D eigenvalue weighted by Gasteiger charge is -2.69. The van der Waals surface area contributed by atoms with Crippen molar-refractivity contribution >= 4 is 41.5 Å². The Morgan fingerprint density at radius 3 is 2.02 bits per heavy atom. The lowest BCUT2D eigenvalue weighted by molar-refractivity contribution is -0.367. The van der Waals surface area contributed by atoms with Crippen LogP contribution in [0, 0.1) is 16.7 Å². The van der Waals surface area contributed by atoms with Crippen LogP contribution in [0.1, 0.15) is 86.7 Å². The molecule has 2 bridgehead atoms. The molecule has 3 aliphatic carbocycles. The molecule has 3 aromatic carbocycles. The molecule has 12 atom stereocenters. The largest absolute Gasteiger partial charge is 0.456 e. The molecule has 4 aliphatic rings. The van der Waals surface area contributed by atoms with Crippen LogP contribution in [-0.4, -0.2) is 118 Å². The first-order valence-electron chi connectivity index (χ1n) is 21.6. The van der Waals surface area contributed by atoms with Gasteiger partial charge in [-0.15, -0.1) is 11.8 Å². The Balaban J connectivity index is 1.41. The van der Waals surface area contributed by atoms with E-state index >= 15 is 0 Å². The fourth-order valence-corrected chi connectivity index (χ4v) is 11.1. The first-order chi connectivity index (χ1) is 30.8. The highest BCUT2D eigenvalue weighted by molar-refractivity contribution is 7.98. The summed E-state index contributed by atoms with van der Waals surface area (Å²) >= 11 is 1.37. The number of hydrogen-bond acceptors (Lipinski definition) is 15. The van der Waals surface area contributed by atoms with Crippen molar-refractivity contribution < 1.29 is 67.7 Å². The number of benzene rings is 3. The first-order valence-corrected chi connectivity index (χ1v) is 23.0. The molecule has 0 aromatic heterocycles. The summed E-state index contributed by atoms with van der Waals surface area (Å²) in [5, 5.41) is 41.7. The molecule has 1 saturated heterocycles. The molecule has 0 unspecified atom stereocenters. The smallest absolute Gasteiger partial charge is 0.338 e. The number of ether oxygens (including phenoxy) is 6. The molecule has 0 radical (unpaired) electrons. The van der Waals surface area contributed by atoms with E-state index in [9.17, 15) is 39.3 Å². The summed E-state index contributed by atoms with van der Waals surface area (Å²) in [4.78, 5) is 68.9. The molecule has 0 spiro atoms. The summed E-state index contributed by atoms with van der Waals surface area (Å²) < 4.78 is 37.8. The number of nitrogens with one attached hydrogen (secondary N) is 1. The number of esters is 4. The van der Waals surface area contributed by atoms with Crippen LogP contribution in [0.4, 0.5) is 0 Å².